The van der Waals surface area contributed by atoms with E-state index in [1.165, 1.54) is 0 Å². The first-order chi connectivity index (χ1) is 4.06. The van der Waals surface area contributed by atoms with Gasteiger partial charge in [0.05, 0.1) is 22.5 Å². The van der Waals surface area contributed by atoms with Gasteiger partial charge in [-0.25, -0.2) is 8.42 Å². The number of hydrogen-bond acceptors (Lipinski definition) is 4. The summed E-state index contributed by atoms with van der Waals surface area (Å²) in [6.07, 6.45) is 0. The molecule has 0 aliphatic carbocycles. The van der Waals surface area contributed by atoms with Crippen molar-refractivity contribution in [3.8, 4) is 0 Å². The van der Waals surface area contributed by atoms with Gasteiger partial charge >= 0.3 is 29.6 Å². The molecule has 0 heterocycles. The van der Waals surface area contributed by atoms with Crippen LogP contribution in [0.5, 0.6) is 0 Å². The zero-order chi connectivity index (χ0) is 7.33. The van der Waals surface area contributed by atoms with E-state index in [4.69, 9.17) is 0 Å². The fourth-order valence-electron chi connectivity index (χ4n) is 0.305. The van der Waals surface area contributed by atoms with E-state index in [1.807, 2.05) is 0 Å². The van der Waals surface area contributed by atoms with E-state index < -0.39 is 15.9 Å². The third-order valence-electron chi connectivity index (χ3n) is 0.682. The normalized spacial score (nSPS) is 10.6. The minimum Gasteiger partial charge on any atom is -0.748 e. The predicted molar refractivity (Wildman–Crippen MR) is 31.1 cm³/mol. The maximum Gasteiger partial charge on any atom is 1.00 e. The molecule has 0 spiro atoms. The summed E-state index contributed by atoms with van der Waals surface area (Å²) in [4.78, 5) is 0. The predicted octanol–water partition coefficient (Wildman–Crippen LogP) is -3.43. The smallest absolute Gasteiger partial charge is 0.748 e. The van der Waals surface area contributed by atoms with Gasteiger partial charge in [0.1, 0.15) is 0 Å². The van der Waals surface area contributed by atoms with Gasteiger partial charge in [0.25, 0.3) is 0 Å². The second-order valence-corrected chi connectivity index (χ2v) is 2.98. The van der Waals surface area contributed by atoms with Crippen LogP contribution < -0.4 is 29.6 Å². The molecule has 10 heavy (non-hydrogen) atoms. The second kappa shape index (κ2) is 6.57. The van der Waals surface area contributed by atoms with E-state index in [0.29, 0.717) is 6.61 Å². The van der Waals surface area contributed by atoms with Crippen molar-refractivity contribution in [1.82, 2.24) is 0 Å². The van der Waals surface area contributed by atoms with E-state index >= 15 is 0 Å². The van der Waals surface area contributed by atoms with Crippen molar-refractivity contribution in [3.63, 3.8) is 0 Å². The molecule has 0 saturated heterocycles. The summed E-state index contributed by atoms with van der Waals surface area (Å²) in [5, 5.41) is 0. The van der Waals surface area contributed by atoms with Gasteiger partial charge in [-0.05, 0) is 6.92 Å². The molecule has 0 amide bonds. The molecule has 0 fully saturated rings. The van der Waals surface area contributed by atoms with Crippen molar-refractivity contribution in [2.24, 2.45) is 0 Å². The van der Waals surface area contributed by atoms with Crippen LogP contribution >= 0.6 is 0 Å². The molecule has 0 N–H and O–H groups in total. The Balaban J connectivity index is 0. The topological polar surface area (TPSA) is 66.4 Å². The van der Waals surface area contributed by atoms with Crippen LogP contribution in [0.3, 0.4) is 0 Å². The Hall–Kier alpha value is 0.870. The summed E-state index contributed by atoms with van der Waals surface area (Å²) < 4.78 is 34.2. The largest absolute Gasteiger partial charge is 1.00 e. The summed E-state index contributed by atoms with van der Waals surface area (Å²) in [5.41, 5.74) is 0. The monoisotopic (exact) mass is 176 g/mol. The molecule has 0 rings (SSSR count). The van der Waals surface area contributed by atoms with Crippen molar-refractivity contribution in [2.75, 3.05) is 19.0 Å². The minimum absolute atomic E-state index is 0. The Morgan fingerprint density at radius 3 is 2.30 bits per heavy atom. The van der Waals surface area contributed by atoms with E-state index in [2.05, 4.69) is 4.74 Å². The third kappa shape index (κ3) is 11.6. The van der Waals surface area contributed by atoms with Gasteiger partial charge in [0.2, 0.25) is 0 Å². The number of ether oxygens (including phenoxy) is 1. The van der Waals surface area contributed by atoms with Crippen LogP contribution in [0.25, 0.3) is 0 Å². The second-order valence-electron chi connectivity index (χ2n) is 1.46. The van der Waals surface area contributed by atoms with Crippen LogP contribution in [-0.2, 0) is 14.9 Å². The first-order valence-electron chi connectivity index (χ1n) is 2.57. The van der Waals surface area contributed by atoms with Crippen molar-refractivity contribution >= 4 is 10.1 Å². The molecule has 0 aromatic heterocycles. The fourth-order valence-corrected chi connectivity index (χ4v) is 0.627. The summed E-state index contributed by atoms with van der Waals surface area (Å²) in [5.74, 6) is -0.430. The molecular weight excluding hydrogens is 167 g/mol. The molecule has 56 valence electrons. The molecule has 4 nitrogen and oxygen atoms in total. The SMILES string of the molecule is CCOCCS(=O)(=O)[O-].[Na+]. The zero-order valence-corrected chi connectivity index (χ0v) is 8.98. The first-order valence-corrected chi connectivity index (χ1v) is 4.15. The minimum atomic E-state index is -4.07. The Labute approximate surface area is 83.0 Å². The molecule has 0 bridgehead atoms. The molecular formula is C4H9NaO4S. The fraction of sp³-hybridized carbons (Fsp3) is 1.00. The maximum atomic E-state index is 9.87. The van der Waals surface area contributed by atoms with Gasteiger partial charge in [-0.2, -0.15) is 0 Å². The van der Waals surface area contributed by atoms with E-state index in [-0.39, 0.29) is 36.2 Å². The van der Waals surface area contributed by atoms with Gasteiger partial charge in [-0.3, -0.25) is 0 Å². The van der Waals surface area contributed by atoms with Gasteiger partial charge in [-0.1, -0.05) is 0 Å². The summed E-state index contributed by atoms with van der Waals surface area (Å²) >= 11 is 0. The average Bonchev–Trinajstić information content (AvgIpc) is 1.63. The van der Waals surface area contributed by atoms with Crippen molar-refractivity contribution in [1.29, 1.82) is 0 Å². The molecule has 0 aliphatic rings. The van der Waals surface area contributed by atoms with Gasteiger partial charge in [0.15, 0.2) is 0 Å². The Morgan fingerprint density at radius 2 is 2.00 bits per heavy atom. The van der Waals surface area contributed by atoms with Crippen LogP contribution in [0.2, 0.25) is 0 Å². The first kappa shape index (κ1) is 13.5. The van der Waals surface area contributed by atoms with E-state index in [1.54, 1.807) is 6.92 Å². The quantitative estimate of drug-likeness (QED) is 0.254. The average molecular weight is 176 g/mol. The molecule has 0 radical (unpaired) electrons. The van der Waals surface area contributed by atoms with Crippen molar-refractivity contribution < 1.29 is 47.3 Å². The summed E-state index contributed by atoms with van der Waals surface area (Å²) in [7, 11) is -4.07. The molecule has 0 aliphatic heterocycles. The van der Waals surface area contributed by atoms with Crippen LogP contribution in [0.15, 0.2) is 0 Å². The number of hydrogen-bond donors (Lipinski definition) is 0. The van der Waals surface area contributed by atoms with E-state index in [0.717, 1.165) is 0 Å². The molecule has 6 heteroatoms. The zero-order valence-electron chi connectivity index (χ0n) is 6.16. The third-order valence-corrected chi connectivity index (χ3v) is 1.35. The van der Waals surface area contributed by atoms with Gasteiger partial charge < -0.3 is 9.29 Å². The molecule has 0 unspecified atom stereocenters. The maximum absolute atomic E-state index is 9.87. The Bertz CT molecular complexity index is 153. The van der Waals surface area contributed by atoms with Crippen molar-refractivity contribution in [3.05, 3.63) is 0 Å². The standard InChI is InChI=1S/C4H10O4S.Na/c1-2-8-3-4-9(5,6)7;/h2-4H2,1H3,(H,5,6,7);/q;+1/p-1. The Morgan fingerprint density at radius 1 is 1.50 bits per heavy atom. The molecule has 0 atom stereocenters. The number of rotatable bonds is 4. The van der Waals surface area contributed by atoms with Gasteiger partial charge in [0, 0.05) is 6.61 Å². The summed E-state index contributed by atoms with van der Waals surface area (Å²) in [6.45, 7) is 2.18. The summed E-state index contributed by atoms with van der Waals surface area (Å²) in [6, 6.07) is 0. The van der Waals surface area contributed by atoms with Crippen molar-refractivity contribution in [2.45, 2.75) is 6.92 Å². The Kier molecular flexibility index (Phi) is 8.85. The van der Waals surface area contributed by atoms with Crippen LogP contribution in [-0.4, -0.2) is 31.9 Å². The van der Waals surface area contributed by atoms with Crippen LogP contribution in [0.1, 0.15) is 6.92 Å². The molecule has 0 aromatic rings. The molecule has 0 aromatic carbocycles. The van der Waals surface area contributed by atoms with Crippen LogP contribution in [0.4, 0.5) is 0 Å². The van der Waals surface area contributed by atoms with E-state index in [9.17, 15) is 13.0 Å². The van der Waals surface area contributed by atoms with Crippen LogP contribution in [0, 0.1) is 0 Å². The van der Waals surface area contributed by atoms with Gasteiger partial charge in [-0.15, -0.1) is 0 Å². The molecule has 0 saturated carbocycles.